The Morgan fingerprint density at radius 2 is 2.19 bits per heavy atom. The second-order valence-electron chi connectivity index (χ2n) is 5.25. The highest BCUT2D eigenvalue weighted by Crippen LogP contribution is 2.33. The molecule has 1 aliphatic carbocycles. The first kappa shape index (κ1) is 16.3. The molecule has 0 bridgehead atoms. The Labute approximate surface area is 127 Å². The van der Waals surface area contributed by atoms with Crippen LogP contribution in [0.5, 0.6) is 5.75 Å². The molecule has 0 saturated heterocycles. The van der Waals surface area contributed by atoms with Crippen molar-refractivity contribution in [2.24, 2.45) is 5.92 Å². The van der Waals surface area contributed by atoms with Gasteiger partial charge < -0.3 is 14.9 Å². The Hall–Kier alpha value is -1.11. The summed E-state index contributed by atoms with van der Waals surface area (Å²) in [7, 11) is 0. The van der Waals surface area contributed by atoms with Crippen molar-refractivity contribution in [2.75, 3.05) is 12.4 Å². The molecular weight excluding hydrogens is 295 g/mol. The fraction of sp³-hybridized carbons (Fsp3) is 0.533. The van der Waals surface area contributed by atoms with Crippen LogP contribution in [0.2, 0.25) is 0 Å². The number of carbonyl (C=O) groups is 1. The van der Waals surface area contributed by atoms with E-state index in [9.17, 15) is 19.4 Å². The molecule has 0 aliphatic heterocycles. The lowest BCUT2D eigenvalue weighted by molar-refractivity contribution is -0.109. The van der Waals surface area contributed by atoms with E-state index in [0.29, 0.717) is 18.3 Å². The number of rotatable bonds is 7. The fourth-order valence-corrected chi connectivity index (χ4v) is 2.46. The number of benzene rings is 1. The van der Waals surface area contributed by atoms with Gasteiger partial charge in [0.2, 0.25) is 0 Å². The van der Waals surface area contributed by atoms with Crippen LogP contribution in [0.3, 0.4) is 0 Å². The van der Waals surface area contributed by atoms with E-state index in [1.807, 2.05) is 0 Å². The van der Waals surface area contributed by atoms with E-state index < -0.39 is 18.0 Å². The molecule has 1 aliphatic rings. The Bertz CT molecular complexity index is 504. The van der Waals surface area contributed by atoms with Gasteiger partial charge in [-0.25, -0.2) is 4.39 Å². The minimum Gasteiger partial charge on any atom is -0.493 e. The third-order valence-corrected chi connectivity index (χ3v) is 4.20. The molecule has 1 saturated carbocycles. The predicted molar refractivity (Wildman–Crippen MR) is 78.7 cm³/mol. The topological polar surface area (TPSA) is 66.8 Å². The molecular formula is C15H19FO4S. The second-order valence-corrected chi connectivity index (χ2v) is 6.45. The normalized spacial score (nSPS) is 17.3. The van der Waals surface area contributed by atoms with Crippen LogP contribution in [-0.2, 0) is 4.79 Å². The number of ether oxygens (including phenoxy) is 1. The van der Waals surface area contributed by atoms with Gasteiger partial charge in [0.05, 0.1) is 12.7 Å². The smallest absolute Gasteiger partial charge is 0.185 e. The lowest BCUT2D eigenvalue weighted by Gasteiger charge is -2.20. The monoisotopic (exact) mass is 314 g/mol. The molecule has 4 nitrogen and oxygen atoms in total. The number of thioether (sulfide) groups is 1. The van der Waals surface area contributed by atoms with Gasteiger partial charge in [-0.15, -0.1) is 0 Å². The second kappa shape index (κ2) is 7.24. The average Bonchev–Trinajstić information content (AvgIpc) is 3.26. The van der Waals surface area contributed by atoms with Crippen LogP contribution in [0, 0.1) is 11.7 Å². The van der Waals surface area contributed by atoms with Crippen molar-refractivity contribution in [2.45, 2.75) is 32.0 Å². The summed E-state index contributed by atoms with van der Waals surface area (Å²) in [6, 6.07) is 3.88. The van der Waals surface area contributed by atoms with Crippen LogP contribution in [0.25, 0.3) is 0 Å². The molecule has 0 amide bonds. The summed E-state index contributed by atoms with van der Waals surface area (Å²) < 4.78 is 19.0. The zero-order valence-electron chi connectivity index (χ0n) is 11.8. The number of aliphatic hydroxyl groups excluding tert-OH is 2. The summed E-state index contributed by atoms with van der Waals surface area (Å²) in [5, 5.41) is 19.9. The number of hydrogen-bond donors (Lipinski definition) is 2. The third-order valence-electron chi connectivity index (χ3n) is 3.28. The lowest BCUT2D eigenvalue weighted by atomic mass is 10.0. The summed E-state index contributed by atoms with van der Waals surface area (Å²) in [6.45, 7) is 1.92. The molecule has 0 spiro atoms. The zero-order valence-corrected chi connectivity index (χ0v) is 12.6. The Morgan fingerprint density at radius 1 is 1.48 bits per heavy atom. The van der Waals surface area contributed by atoms with Crippen LogP contribution in [0.1, 0.15) is 31.4 Å². The van der Waals surface area contributed by atoms with E-state index in [2.05, 4.69) is 0 Å². The van der Waals surface area contributed by atoms with Gasteiger partial charge in [-0.2, -0.15) is 0 Å². The Kier molecular flexibility index (Phi) is 5.61. The van der Waals surface area contributed by atoms with Crippen molar-refractivity contribution in [3.63, 3.8) is 0 Å². The van der Waals surface area contributed by atoms with Gasteiger partial charge in [-0.1, -0.05) is 11.8 Å². The fourth-order valence-electron chi connectivity index (χ4n) is 1.88. The first-order valence-corrected chi connectivity index (χ1v) is 7.87. The molecule has 116 valence electrons. The van der Waals surface area contributed by atoms with Crippen LogP contribution in [0.4, 0.5) is 4.39 Å². The summed E-state index contributed by atoms with van der Waals surface area (Å²) in [5.74, 6) is 0.449. The highest BCUT2D eigenvalue weighted by atomic mass is 32.2. The number of carbonyl (C=O) groups excluding carboxylic acids is 1. The number of aliphatic hydroxyl groups is 2. The molecule has 0 radical (unpaired) electrons. The number of hydrogen-bond acceptors (Lipinski definition) is 5. The maximum absolute atomic E-state index is 13.4. The van der Waals surface area contributed by atoms with Crippen molar-refractivity contribution < 1.29 is 24.1 Å². The molecule has 0 aromatic heterocycles. The first-order chi connectivity index (χ1) is 9.97. The Balaban J connectivity index is 2.07. The Morgan fingerprint density at radius 3 is 2.81 bits per heavy atom. The van der Waals surface area contributed by atoms with E-state index in [1.165, 1.54) is 19.1 Å². The summed E-state index contributed by atoms with van der Waals surface area (Å²) >= 11 is 0.917. The van der Waals surface area contributed by atoms with Crippen molar-refractivity contribution in [3.05, 3.63) is 29.6 Å². The summed E-state index contributed by atoms with van der Waals surface area (Å²) in [5.41, 5.74) is 0.215. The maximum atomic E-state index is 13.4. The molecule has 1 fully saturated rings. The highest BCUT2D eigenvalue weighted by molar-refractivity contribution is 8.13. The van der Waals surface area contributed by atoms with E-state index in [1.54, 1.807) is 0 Å². The molecule has 2 rings (SSSR count). The minimum absolute atomic E-state index is 0.0507. The van der Waals surface area contributed by atoms with Crippen molar-refractivity contribution in [3.8, 4) is 5.75 Å². The lowest BCUT2D eigenvalue weighted by Crippen LogP contribution is -2.22. The highest BCUT2D eigenvalue weighted by Gasteiger charge is 2.26. The largest absolute Gasteiger partial charge is 0.493 e. The summed E-state index contributed by atoms with van der Waals surface area (Å²) in [4.78, 5) is 10.9. The average molecular weight is 314 g/mol. The maximum Gasteiger partial charge on any atom is 0.185 e. The van der Waals surface area contributed by atoms with E-state index >= 15 is 0 Å². The van der Waals surface area contributed by atoms with Gasteiger partial charge in [0.25, 0.3) is 0 Å². The van der Waals surface area contributed by atoms with Gasteiger partial charge in [0.1, 0.15) is 17.7 Å². The zero-order chi connectivity index (χ0) is 15.4. The first-order valence-electron chi connectivity index (χ1n) is 6.89. The molecule has 2 N–H and O–H groups in total. The van der Waals surface area contributed by atoms with E-state index in [4.69, 9.17) is 4.74 Å². The minimum atomic E-state index is -1.29. The van der Waals surface area contributed by atoms with Crippen LogP contribution in [0.15, 0.2) is 18.2 Å². The van der Waals surface area contributed by atoms with Gasteiger partial charge in [-0.05, 0) is 37.0 Å². The van der Waals surface area contributed by atoms with Gasteiger partial charge in [0, 0.05) is 18.2 Å². The van der Waals surface area contributed by atoms with Crippen molar-refractivity contribution in [1.82, 2.24) is 0 Å². The van der Waals surface area contributed by atoms with Crippen LogP contribution >= 0.6 is 11.8 Å². The van der Waals surface area contributed by atoms with Crippen molar-refractivity contribution >= 4 is 16.9 Å². The van der Waals surface area contributed by atoms with Crippen LogP contribution in [-0.4, -0.2) is 33.8 Å². The SMILES string of the molecule is CC(=O)SCC(O)C(O)c1cc(F)ccc1OCC1CC1. The number of halogens is 1. The van der Waals surface area contributed by atoms with E-state index in [0.717, 1.165) is 30.7 Å². The van der Waals surface area contributed by atoms with E-state index in [-0.39, 0.29) is 16.4 Å². The molecule has 1 aromatic rings. The predicted octanol–water partition coefficient (Wildman–Crippen LogP) is 2.29. The van der Waals surface area contributed by atoms with Crippen molar-refractivity contribution in [1.29, 1.82) is 0 Å². The molecule has 2 atom stereocenters. The summed E-state index contributed by atoms with van der Waals surface area (Å²) in [6.07, 6.45) is -0.209. The molecule has 21 heavy (non-hydrogen) atoms. The third kappa shape index (κ3) is 4.98. The molecule has 0 heterocycles. The van der Waals surface area contributed by atoms with Gasteiger partial charge in [0.15, 0.2) is 5.12 Å². The van der Waals surface area contributed by atoms with Crippen LogP contribution < -0.4 is 4.74 Å². The van der Waals surface area contributed by atoms with Gasteiger partial charge >= 0.3 is 0 Å². The standard InChI is InChI=1S/C15H19FO4S/c1-9(17)21-8-13(18)15(19)12-6-11(16)4-5-14(12)20-7-10-2-3-10/h4-6,10,13,15,18-19H,2-3,7-8H2,1H3. The molecule has 2 unspecified atom stereocenters. The molecule has 1 aromatic carbocycles. The van der Waals surface area contributed by atoms with Gasteiger partial charge in [-0.3, -0.25) is 4.79 Å². The quantitative estimate of drug-likeness (QED) is 0.808. The molecule has 6 heteroatoms.